The summed E-state index contributed by atoms with van der Waals surface area (Å²) in [4.78, 5) is 12.9. The highest BCUT2D eigenvalue weighted by molar-refractivity contribution is 6.31. The lowest BCUT2D eigenvalue weighted by molar-refractivity contribution is -0.535. The molecule has 0 amide bonds. The minimum absolute atomic E-state index is 0.143. The topological polar surface area (TPSA) is 47.8 Å². The summed E-state index contributed by atoms with van der Waals surface area (Å²) >= 11 is 6.50. The van der Waals surface area contributed by atoms with Crippen molar-refractivity contribution in [3.63, 3.8) is 0 Å². The highest BCUT2D eigenvalue weighted by Crippen LogP contribution is 2.37. The molecule has 0 spiro atoms. The molecular weight excluding hydrogens is 366 g/mol. The number of halogens is 1. The third-order valence-electron chi connectivity index (χ3n) is 4.83. The number of fused-ring (bicyclic) bond motifs is 1. The molecule has 2 heterocycles. The fraction of sp³-hybridized carbons (Fsp3) is 0.619. The summed E-state index contributed by atoms with van der Waals surface area (Å²) in [5.74, 6) is 1.01. The zero-order chi connectivity index (χ0) is 19.6. The number of rotatable bonds is 5. The van der Waals surface area contributed by atoms with Crippen LogP contribution in [0.4, 0.5) is 0 Å². The van der Waals surface area contributed by atoms with Crippen LogP contribution in [0.2, 0.25) is 5.02 Å². The lowest BCUT2D eigenvalue weighted by Gasteiger charge is -2.27. The van der Waals surface area contributed by atoms with E-state index in [1.165, 1.54) is 0 Å². The number of nitrogens with zero attached hydrogens (tertiary/aromatic N) is 1. The molecule has 2 aliphatic heterocycles. The van der Waals surface area contributed by atoms with Crippen molar-refractivity contribution in [1.29, 1.82) is 0 Å². The summed E-state index contributed by atoms with van der Waals surface area (Å²) in [7, 11) is 0. The molecule has 2 aliphatic rings. The molecule has 148 valence electrons. The first-order chi connectivity index (χ1) is 12.8. The number of hydrogen-bond acceptors (Lipinski definition) is 4. The van der Waals surface area contributed by atoms with E-state index in [0.717, 1.165) is 43.6 Å². The normalized spacial score (nSPS) is 19.4. The molecule has 27 heavy (non-hydrogen) atoms. The van der Waals surface area contributed by atoms with Gasteiger partial charge in [0, 0.05) is 23.9 Å². The summed E-state index contributed by atoms with van der Waals surface area (Å²) < 4.78 is 18.9. The van der Waals surface area contributed by atoms with E-state index < -0.39 is 5.60 Å². The molecule has 1 aromatic rings. The molecule has 0 saturated heterocycles. The van der Waals surface area contributed by atoms with Crippen LogP contribution in [0.5, 0.6) is 11.5 Å². The van der Waals surface area contributed by atoms with Crippen molar-refractivity contribution in [3.05, 3.63) is 22.7 Å². The summed E-state index contributed by atoms with van der Waals surface area (Å²) in [5, 5.41) is 0.636. The molecule has 0 fully saturated rings. The molecule has 1 aromatic carbocycles. The molecule has 3 rings (SSSR count). The Balaban J connectivity index is 1.92. The highest BCUT2D eigenvalue weighted by Gasteiger charge is 2.38. The summed E-state index contributed by atoms with van der Waals surface area (Å²) in [5.41, 5.74) is 1.55. The van der Waals surface area contributed by atoms with Crippen LogP contribution in [0, 0.1) is 5.92 Å². The van der Waals surface area contributed by atoms with E-state index >= 15 is 0 Å². The van der Waals surface area contributed by atoms with Crippen molar-refractivity contribution >= 4 is 23.3 Å². The zero-order valence-electron chi connectivity index (χ0n) is 16.6. The summed E-state index contributed by atoms with van der Waals surface area (Å²) in [6.07, 6.45) is 3.44. The Morgan fingerprint density at radius 2 is 2.00 bits per heavy atom. The van der Waals surface area contributed by atoms with Crippen molar-refractivity contribution in [3.8, 4) is 11.5 Å². The number of esters is 1. The lowest BCUT2D eigenvalue weighted by atomic mass is 9.89. The van der Waals surface area contributed by atoms with E-state index in [1.54, 1.807) is 6.07 Å². The second-order valence-electron chi connectivity index (χ2n) is 8.18. The SMILES string of the molecule is CCC[N+]1=C(Cc2cc3c(cc2Cl)OCO3)C(C(=O)OC(C)(C)C)CCC1. The van der Waals surface area contributed by atoms with Gasteiger partial charge in [0.15, 0.2) is 17.2 Å². The van der Waals surface area contributed by atoms with Crippen molar-refractivity contribution in [1.82, 2.24) is 0 Å². The average molecular weight is 395 g/mol. The van der Waals surface area contributed by atoms with Gasteiger partial charge in [-0.3, -0.25) is 4.79 Å². The van der Waals surface area contributed by atoms with Gasteiger partial charge in [-0.15, -0.1) is 0 Å². The first-order valence-corrected chi connectivity index (χ1v) is 10.1. The van der Waals surface area contributed by atoms with Gasteiger partial charge in [0.25, 0.3) is 0 Å². The first kappa shape index (κ1) is 20.0. The van der Waals surface area contributed by atoms with Gasteiger partial charge >= 0.3 is 5.97 Å². The Kier molecular flexibility index (Phi) is 5.99. The monoisotopic (exact) mass is 394 g/mol. The smallest absolute Gasteiger partial charge is 0.319 e. The predicted octanol–water partition coefficient (Wildman–Crippen LogP) is 4.23. The highest BCUT2D eigenvalue weighted by atomic mass is 35.5. The molecule has 0 bridgehead atoms. The van der Waals surface area contributed by atoms with E-state index in [9.17, 15) is 4.79 Å². The molecule has 0 radical (unpaired) electrons. The second kappa shape index (κ2) is 8.09. The number of carbonyl (C=O) groups is 1. The summed E-state index contributed by atoms with van der Waals surface area (Å²) in [6, 6.07) is 3.73. The van der Waals surface area contributed by atoms with Crippen LogP contribution in [-0.2, 0) is 16.0 Å². The average Bonchev–Trinajstić information content (AvgIpc) is 3.02. The number of benzene rings is 1. The number of hydrogen-bond donors (Lipinski definition) is 0. The minimum atomic E-state index is -0.494. The maximum absolute atomic E-state index is 12.9. The van der Waals surface area contributed by atoms with Crippen molar-refractivity contribution < 1.29 is 23.6 Å². The Morgan fingerprint density at radius 3 is 2.67 bits per heavy atom. The predicted molar refractivity (Wildman–Crippen MR) is 105 cm³/mol. The number of carbonyl (C=O) groups excluding carboxylic acids is 1. The molecule has 6 heteroatoms. The first-order valence-electron chi connectivity index (χ1n) is 9.70. The van der Waals surface area contributed by atoms with Gasteiger partial charge in [-0.1, -0.05) is 18.5 Å². The molecule has 0 aliphatic carbocycles. The van der Waals surface area contributed by atoms with Gasteiger partial charge in [0.05, 0.1) is 6.42 Å². The van der Waals surface area contributed by atoms with E-state index in [-0.39, 0.29) is 18.7 Å². The molecule has 0 N–H and O–H groups in total. The lowest BCUT2D eigenvalue weighted by Crippen LogP contribution is -2.42. The largest absolute Gasteiger partial charge is 0.459 e. The van der Waals surface area contributed by atoms with Crippen LogP contribution in [0.1, 0.15) is 52.5 Å². The van der Waals surface area contributed by atoms with Crippen LogP contribution in [0.3, 0.4) is 0 Å². The van der Waals surface area contributed by atoms with E-state index in [1.807, 2.05) is 26.8 Å². The Labute approximate surface area is 166 Å². The quantitative estimate of drug-likeness (QED) is 0.554. The maximum Gasteiger partial charge on any atom is 0.319 e. The fourth-order valence-corrected chi connectivity index (χ4v) is 3.91. The van der Waals surface area contributed by atoms with Crippen molar-refractivity contribution in [2.75, 3.05) is 19.9 Å². The van der Waals surface area contributed by atoms with Gasteiger partial charge in [-0.05, 0) is 38.8 Å². The fourth-order valence-electron chi connectivity index (χ4n) is 3.69. The van der Waals surface area contributed by atoms with Gasteiger partial charge in [-0.2, -0.15) is 0 Å². The van der Waals surface area contributed by atoms with E-state index in [0.29, 0.717) is 22.9 Å². The number of ether oxygens (including phenoxy) is 3. The van der Waals surface area contributed by atoms with Crippen LogP contribution in [-0.4, -0.2) is 41.7 Å². The van der Waals surface area contributed by atoms with Crippen LogP contribution in [0.15, 0.2) is 12.1 Å². The Bertz CT molecular complexity index is 751. The van der Waals surface area contributed by atoms with Gasteiger partial charge in [-0.25, -0.2) is 4.58 Å². The van der Waals surface area contributed by atoms with Gasteiger partial charge in [0.2, 0.25) is 6.79 Å². The summed E-state index contributed by atoms with van der Waals surface area (Å²) in [6.45, 7) is 9.99. The Morgan fingerprint density at radius 1 is 1.30 bits per heavy atom. The van der Waals surface area contributed by atoms with Crippen molar-refractivity contribution in [2.24, 2.45) is 5.92 Å². The molecule has 5 nitrogen and oxygen atoms in total. The van der Waals surface area contributed by atoms with Crippen molar-refractivity contribution in [2.45, 2.75) is 59.0 Å². The standard InChI is InChI=1S/C21H29ClNO4/c1-5-8-23-9-6-7-15(20(24)27-21(2,3)4)17(23)10-14-11-18-19(12-16(14)22)26-13-25-18/h11-12,15H,5-10,13H2,1-4H3/q+1. The molecule has 0 saturated carbocycles. The third kappa shape index (κ3) is 4.75. The third-order valence-corrected chi connectivity index (χ3v) is 5.18. The molecular formula is C21H29ClNO4+. The maximum atomic E-state index is 12.9. The van der Waals surface area contributed by atoms with E-state index in [4.69, 9.17) is 25.8 Å². The van der Waals surface area contributed by atoms with Crippen LogP contribution < -0.4 is 9.47 Å². The van der Waals surface area contributed by atoms with Crippen LogP contribution >= 0.6 is 11.6 Å². The van der Waals surface area contributed by atoms with E-state index in [2.05, 4.69) is 11.5 Å². The second-order valence-corrected chi connectivity index (χ2v) is 8.59. The van der Waals surface area contributed by atoms with Crippen LogP contribution in [0.25, 0.3) is 0 Å². The molecule has 0 aromatic heterocycles. The molecule has 1 unspecified atom stereocenters. The van der Waals surface area contributed by atoms with Gasteiger partial charge in [0.1, 0.15) is 24.6 Å². The Hall–Kier alpha value is -1.75. The minimum Gasteiger partial charge on any atom is -0.459 e. The zero-order valence-corrected chi connectivity index (χ0v) is 17.4. The van der Waals surface area contributed by atoms with Gasteiger partial charge < -0.3 is 14.2 Å². The molecule has 1 atom stereocenters.